The van der Waals surface area contributed by atoms with Gasteiger partial charge in [-0.15, -0.1) is 0 Å². The third-order valence-electron chi connectivity index (χ3n) is 8.85. The normalized spacial score (nSPS) is 50.1. The Balaban J connectivity index is 1.52. The van der Waals surface area contributed by atoms with Gasteiger partial charge < -0.3 is 4.43 Å². The summed E-state index contributed by atoms with van der Waals surface area (Å²) >= 11 is 0. The Morgan fingerprint density at radius 3 is 2.44 bits per heavy atom. The molecule has 0 spiro atoms. The molecule has 0 aliphatic heterocycles. The van der Waals surface area contributed by atoms with Crippen molar-refractivity contribution in [2.45, 2.75) is 97.4 Å². The van der Waals surface area contributed by atoms with E-state index in [0.29, 0.717) is 23.2 Å². The molecule has 4 rings (SSSR count). The van der Waals surface area contributed by atoms with E-state index in [2.05, 4.69) is 33.5 Å². The van der Waals surface area contributed by atoms with Crippen LogP contribution >= 0.6 is 0 Å². The molecule has 0 N–H and O–H groups in total. The van der Waals surface area contributed by atoms with Crippen molar-refractivity contribution in [1.82, 2.24) is 0 Å². The van der Waals surface area contributed by atoms with Gasteiger partial charge in [-0.25, -0.2) is 0 Å². The lowest BCUT2D eigenvalue weighted by atomic mass is 9.45. The minimum Gasteiger partial charge on any atom is -0.415 e. The zero-order valence-electron chi connectivity index (χ0n) is 17.1. The zero-order valence-corrected chi connectivity index (χ0v) is 18.1. The summed E-state index contributed by atoms with van der Waals surface area (Å²) in [6, 6.07) is 0. The summed E-state index contributed by atoms with van der Waals surface area (Å²) in [6.07, 6.45) is 11.7. The van der Waals surface area contributed by atoms with Crippen LogP contribution in [0.1, 0.15) is 71.6 Å². The van der Waals surface area contributed by atoms with Crippen molar-refractivity contribution in [3.63, 3.8) is 0 Å². The van der Waals surface area contributed by atoms with E-state index in [4.69, 9.17) is 4.43 Å². The van der Waals surface area contributed by atoms with Crippen molar-refractivity contribution in [3.05, 3.63) is 0 Å². The average Bonchev–Trinajstić information content (AvgIpc) is 2.82. The SMILES string of the molecule is C[C@]12CC[C@@H](O[Si](C)(C)C)C[C@H]1CC[C@@H]1[C@@H]2CC[C@]2(C)C(=O)CC[C@@H]12. The van der Waals surface area contributed by atoms with E-state index in [1.54, 1.807) is 0 Å². The standard InChI is InChI=1S/C22H38O2Si/c1-21-12-10-16(24-25(3,4)5)14-15(21)6-7-17-18-8-9-20(23)22(18,2)13-11-19(17)21/h15-19H,6-14H2,1-5H3/t15-,16-,17+,18+,19+,21+,22+/m1/s1. The molecule has 0 aromatic carbocycles. The highest BCUT2D eigenvalue weighted by Crippen LogP contribution is 2.65. The lowest BCUT2D eigenvalue weighted by molar-refractivity contribution is -0.141. The number of fused-ring (bicyclic) bond motifs is 5. The molecule has 7 atom stereocenters. The highest BCUT2D eigenvalue weighted by Gasteiger charge is 2.60. The van der Waals surface area contributed by atoms with Gasteiger partial charge in [0.05, 0.1) is 0 Å². The van der Waals surface area contributed by atoms with Crippen molar-refractivity contribution in [1.29, 1.82) is 0 Å². The van der Waals surface area contributed by atoms with Gasteiger partial charge in [0, 0.05) is 17.9 Å². The van der Waals surface area contributed by atoms with E-state index in [1.165, 1.54) is 44.9 Å². The van der Waals surface area contributed by atoms with Crippen LogP contribution in [0.2, 0.25) is 19.6 Å². The lowest BCUT2D eigenvalue weighted by Gasteiger charge is -2.60. The largest absolute Gasteiger partial charge is 0.415 e. The first-order chi connectivity index (χ1) is 11.6. The maximum atomic E-state index is 12.5. The van der Waals surface area contributed by atoms with E-state index >= 15 is 0 Å². The van der Waals surface area contributed by atoms with Crippen LogP contribution in [-0.2, 0) is 9.22 Å². The average molecular weight is 363 g/mol. The minimum absolute atomic E-state index is 0.0303. The lowest BCUT2D eigenvalue weighted by Crippen LogP contribution is -2.54. The summed E-state index contributed by atoms with van der Waals surface area (Å²) in [7, 11) is -1.43. The van der Waals surface area contributed by atoms with Crippen molar-refractivity contribution < 1.29 is 9.22 Å². The van der Waals surface area contributed by atoms with Gasteiger partial charge in [0.2, 0.25) is 0 Å². The van der Waals surface area contributed by atoms with Gasteiger partial charge in [0.25, 0.3) is 0 Å². The molecule has 25 heavy (non-hydrogen) atoms. The smallest absolute Gasteiger partial charge is 0.184 e. The number of hydrogen-bond acceptors (Lipinski definition) is 2. The first kappa shape index (κ1) is 18.2. The second-order valence-electron chi connectivity index (χ2n) is 11.2. The predicted molar refractivity (Wildman–Crippen MR) is 105 cm³/mol. The van der Waals surface area contributed by atoms with Crippen LogP contribution in [-0.4, -0.2) is 20.2 Å². The minimum atomic E-state index is -1.43. The van der Waals surface area contributed by atoms with Crippen LogP contribution < -0.4 is 0 Å². The van der Waals surface area contributed by atoms with E-state index in [0.717, 1.165) is 30.6 Å². The Bertz CT molecular complexity index is 553. The van der Waals surface area contributed by atoms with Crippen LogP contribution in [0.3, 0.4) is 0 Å². The van der Waals surface area contributed by atoms with Gasteiger partial charge in [0.1, 0.15) is 5.78 Å². The zero-order chi connectivity index (χ0) is 18.0. The van der Waals surface area contributed by atoms with E-state index < -0.39 is 8.32 Å². The molecule has 0 radical (unpaired) electrons. The molecule has 4 aliphatic carbocycles. The molecule has 0 aromatic heterocycles. The molecule has 4 aliphatic rings. The molecule has 0 unspecified atom stereocenters. The molecule has 4 fully saturated rings. The summed E-state index contributed by atoms with van der Waals surface area (Å²) in [5.41, 5.74) is 0.539. The highest BCUT2D eigenvalue weighted by atomic mass is 28.4. The molecule has 0 saturated heterocycles. The van der Waals surface area contributed by atoms with Crippen molar-refractivity contribution in [2.75, 3.05) is 0 Å². The molecule has 0 aromatic rings. The number of carbonyl (C=O) groups is 1. The molecule has 0 amide bonds. The van der Waals surface area contributed by atoms with Crippen LogP contribution in [0.15, 0.2) is 0 Å². The van der Waals surface area contributed by atoms with E-state index in [-0.39, 0.29) is 5.41 Å². The Morgan fingerprint density at radius 1 is 0.960 bits per heavy atom. The first-order valence-corrected chi connectivity index (χ1v) is 14.3. The Morgan fingerprint density at radius 2 is 1.72 bits per heavy atom. The second kappa shape index (κ2) is 5.92. The van der Waals surface area contributed by atoms with Crippen molar-refractivity contribution in [2.24, 2.45) is 34.5 Å². The summed E-state index contributed by atoms with van der Waals surface area (Å²) in [5.74, 6) is 3.80. The molecule has 4 saturated carbocycles. The summed E-state index contributed by atoms with van der Waals surface area (Å²) < 4.78 is 6.50. The van der Waals surface area contributed by atoms with Crippen LogP contribution in [0.4, 0.5) is 0 Å². The van der Waals surface area contributed by atoms with Gasteiger partial charge in [-0.05, 0) is 100 Å². The number of carbonyl (C=O) groups excluding carboxylic acids is 1. The third kappa shape index (κ3) is 2.88. The van der Waals surface area contributed by atoms with Gasteiger partial charge in [0.15, 0.2) is 8.32 Å². The monoisotopic (exact) mass is 362 g/mol. The Hall–Kier alpha value is -0.153. The predicted octanol–water partition coefficient (Wildman–Crippen LogP) is 5.82. The molecule has 3 heteroatoms. The summed E-state index contributed by atoms with van der Waals surface area (Å²) in [4.78, 5) is 12.5. The number of Topliss-reactive ketones (excluding diaryl/α,β-unsaturated/α-hetero) is 1. The van der Waals surface area contributed by atoms with Crippen LogP contribution in [0, 0.1) is 34.5 Å². The van der Waals surface area contributed by atoms with Crippen molar-refractivity contribution >= 4 is 14.1 Å². The fourth-order valence-electron chi connectivity index (χ4n) is 7.60. The van der Waals surface area contributed by atoms with Crippen molar-refractivity contribution in [3.8, 4) is 0 Å². The van der Waals surface area contributed by atoms with Gasteiger partial charge in [-0.3, -0.25) is 4.79 Å². The maximum Gasteiger partial charge on any atom is 0.184 e. The fraction of sp³-hybridized carbons (Fsp3) is 0.955. The van der Waals surface area contributed by atoms with Gasteiger partial charge in [-0.1, -0.05) is 13.8 Å². The topological polar surface area (TPSA) is 26.3 Å². The fourth-order valence-corrected chi connectivity index (χ4v) is 8.81. The highest BCUT2D eigenvalue weighted by molar-refractivity contribution is 6.69. The maximum absolute atomic E-state index is 12.5. The summed E-state index contributed by atoms with van der Waals surface area (Å²) in [5, 5.41) is 0. The molecule has 2 nitrogen and oxygen atoms in total. The molecule has 142 valence electrons. The molecule has 0 heterocycles. The molecule has 0 bridgehead atoms. The Labute approximate surface area is 155 Å². The third-order valence-corrected chi connectivity index (χ3v) is 9.89. The van der Waals surface area contributed by atoms with Crippen LogP contribution in [0.5, 0.6) is 0 Å². The number of hydrogen-bond donors (Lipinski definition) is 0. The first-order valence-electron chi connectivity index (χ1n) is 10.8. The van der Waals surface area contributed by atoms with E-state index in [1.807, 2.05) is 0 Å². The quantitative estimate of drug-likeness (QED) is 0.579. The van der Waals surface area contributed by atoms with Gasteiger partial charge in [-0.2, -0.15) is 0 Å². The molecular weight excluding hydrogens is 324 g/mol. The van der Waals surface area contributed by atoms with Crippen LogP contribution in [0.25, 0.3) is 0 Å². The summed E-state index contributed by atoms with van der Waals surface area (Å²) in [6.45, 7) is 11.9. The van der Waals surface area contributed by atoms with Gasteiger partial charge >= 0.3 is 0 Å². The number of ketones is 1. The molecular formula is C22H38O2Si. The number of rotatable bonds is 2. The second-order valence-corrected chi connectivity index (χ2v) is 15.7. The Kier molecular flexibility index (Phi) is 4.32. The van der Waals surface area contributed by atoms with E-state index in [9.17, 15) is 4.79 Å².